The van der Waals surface area contributed by atoms with E-state index in [9.17, 15) is 13.6 Å². The Hall–Kier alpha value is -2.28. The van der Waals surface area contributed by atoms with Gasteiger partial charge in [0.1, 0.15) is 17.5 Å². The van der Waals surface area contributed by atoms with Gasteiger partial charge in [0.25, 0.3) is 0 Å². The first kappa shape index (κ1) is 18.1. The van der Waals surface area contributed by atoms with Crippen molar-refractivity contribution in [2.24, 2.45) is 0 Å². The second-order valence-electron chi connectivity index (χ2n) is 7.49. The van der Waals surface area contributed by atoms with Gasteiger partial charge in [-0.2, -0.15) is 0 Å². The summed E-state index contributed by atoms with van der Waals surface area (Å²) in [5, 5.41) is 0. The third-order valence-electron chi connectivity index (χ3n) is 5.64. The normalized spacial score (nSPS) is 21.0. The summed E-state index contributed by atoms with van der Waals surface area (Å²) in [6, 6.07) is 3.40. The molecule has 1 aromatic heterocycles. The van der Waals surface area contributed by atoms with Gasteiger partial charge in [-0.15, -0.1) is 0 Å². The molecular weight excluding hydrogens is 350 g/mol. The average molecular weight is 374 g/mol. The molecule has 27 heavy (non-hydrogen) atoms. The van der Waals surface area contributed by atoms with E-state index in [1.807, 2.05) is 11.9 Å². The second-order valence-corrected chi connectivity index (χ2v) is 7.49. The molecule has 1 atom stereocenters. The zero-order valence-electron chi connectivity index (χ0n) is 15.5. The Morgan fingerprint density at radius 3 is 2.89 bits per heavy atom. The first-order valence-corrected chi connectivity index (χ1v) is 9.55. The molecule has 5 nitrogen and oxygen atoms in total. The summed E-state index contributed by atoms with van der Waals surface area (Å²) in [7, 11) is 2.02. The number of aromatic nitrogens is 2. The summed E-state index contributed by atoms with van der Waals surface area (Å²) in [5.74, 6) is -0.710. The standard InChI is InChI=1S/C20H24F2N4O/c1-25-9-4-2-3-5-18(25)20(27)26-10-8-16-17(12-26)24-19(23-16)14-7-6-13(21)11-15(14)22/h6-7,11,18H,2-5,8-10,12H2,1H3,(H,23,24)/t18-/m1/s1. The summed E-state index contributed by atoms with van der Waals surface area (Å²) in [5.41, 5.74) is 1.93. The molecule has 1 aromatic carbocycles. The predicted molar refractivity (Wildman–Crippen MR) is 97.9 cm³/mol. The fourth-order valence-electron chi connectivity index (χ4n) is 4.07. The highest BCUT2D eigenvalue weighted by molar-refractivity contribution is 5.82. The smallest absolute Gasteiger partial charge is 0.240 e. The third kappa shape index (κ3) is 3.60. The number of amides is 1. The molecular formula is C20H24F2N4O. The molecule has 7 heteroatoms. The minimum absolute atomic E-state index is 0.0639. The number of imidazole rings is 1. The van der Waals surface area contributed by atoms with Gasteiger partial charge in [-0.25, -0.2) is 13.8 Å². The van der Waals surface area contributed by atoms with Crippen LogP contribution in [0, 0.1) is 11.6 Å². The largest absolute Gasteiger partial charge is 0.340 e. The average Bonchev–Trinajstić information content (AvgIpc) is 2.94. The second kappa shape index (κ2) is 7.38. The Morgan fingerprint density at radius 2 is 2.07 bits per heavy atom. The molecule has 2 aromatic rings. The van der Waals surface area contributed by atoms with Crippen LogP contribution in [-0.4, -0.2) is 51.9 Å². The minimum Gasteiger partial charge on any atom is -0.340 e. The molecule has 144 valence electrons. The fourth-order valence-corrected chi connectivity index (χ4v) is 4.07. The van der Waals surface area contributed by atoms with Crippen LogP contribution in [0.3, 0.4) is 0 Å². The molecule has 0 unspecified atom stereocenters. The molecule has 1 N–H and O–H groups in total. The summed E-state index contributed by atoms with van der Waals surface area (Å²) in [4.78, 5) is 24.7. The highest BCUT2D eigenvalue weighted by Gasteiger charge is 2.32. The number of aromatic amines is 1. The summed E-state index contributed by atoms with van der Waals surface area (Å²) in [6.45, 7) is 2.02. The number of halogens is 2. The van der Waals surface area contributed by atoms with Crippen LogP contribution in [0.5, 0.6) is 0 Å². The maximum atomic E-state index is 14.1. The molecule has 2 aliphatic heterocycles. The Labute approximate surface area is 157 Å². The van der Waals surface area contributed by atoms with Crippen LogP contribution in [0.1, 0.15) is 37.1 Å². The number of carbonyl (C=O) groups is 1. The number of rotatable bonds is 2. The molecule has 2 aliphatic rings. The van der Waals surface area contributed by atoms with Crippen LogP contribution in [-0.2, 0) is 17.8 Å². The lowest BCUT2D eigenvalue weighted by Gasteiger charge is -2.33. The Kier molecular flexibility index (Phi) is 4.95. The molecule has 0 bridgehead atoms. The maximum absolute atomic E-state index is 14.1. The van der Waals surface area contributed by atoms with E-state index in [4.69, 9.17) is 0 Å². The van der Waals surface area contributed by atoms with E-state index in [0.717, 1.165) is 43.3 Å². The quantitative estimate of drug-likeness (QED) is 0.879. The van der Waals surface area contributed by atoms with Gasteiger partial charge in [0.2, 0.25) is 5.91 Å². The number of likely N-dealkylation sites (tertiary alicyclic amines) is 1. The SMILES string of the molecule is CN1CCCCC[C@@H]1C(=O)N1CCc2nc(-c3ccc(F)cc3F)[nH]c2C1. The molecule has 1 saturated heterocycles. The van der Waals surface area contributed by atoms with Crippen molar-refractivity contribution in [2.75, 3.05) is 20.1 Å². The number of fused-ring (bicyclic) bond motifs is 1. The fraction of sp³-hybridized carbons (Fsp3) is 0.500. The maximum Gasteiger partial charge on any atom is 0.240 e. The highest BCUT2D eigenvalue weighted by Crippen LogP contribution is 2.26. The topological polar surface area (TPSA) is 52.2 Å². The van der Waals surface area contributed by atoms with Gasteiger partial charge in [-0.1, -0.05) is 12.8 Å². The lowest BCUT2D eigenvalue weighted by Crippen LogP contribution is -2.48. The van der Waals surface area contributed by atoms with Gasteiger partial charge in [0, 0.05) is 19.0 Å². The number of likely N-dealkylation sites (N-methyl/N-ethyl adjacent to an activating group) is 1. The van der Waals surface area contributed by atoms with E-state index >= 15 is 0 Å². The molecule has 0 aliphatic carbocycles. The molecule has 1 amide bonds. The van der Waals surface area contributed by atoms with Crippen molar-refractivity contribution in [3.8, 4) is 11.4 Å². The van der Waals surface area contributed by atoms with Crippen molar-refractivity contribution in [3.63, 3.8) is 0 Å². The van der Waals surface area contributed by atoms with Crippen molar-refractivity contribution >= 4 is 5.91 Å². The molecule has 1 fully saturated rings. The van der Waals surface area contributed by atoms with Crippen LogP contribution in [0.4, 0.5) is 8.78 Å². The molecule has 4 rings (SSSR count). The Balaban J connectivity index is 1.53. The number of benzene rings is 1. The van der Waals surface area contributed by atoms with Gasteiger partial charge in [-0.05, 0) is 38.6 Å². The minimum atomic E-state index is -0.644. The van der Waals surface area contributed by atoms with Crippen molar-refractivity contribution in [1.82, 2.24) is 19.8 Å². The molecule has 3 heterocycles. The Bertz CT molecular complexity index is 851. The van der Waals surface area contributed by atoms with E-state index in [1.54, 1.807) is 0 Å². The van der Waals surface area contributed by atoms with Crippen molar-refractivity contribution in [2.45, 2.75) is 44.7 Å². The van der Waals surface area contributed by atoms with E-state index in [2.05, 4.69) is 14.9 Å². The number of hydrogen-bond acceptors (Lipinski definition) is 3. The van der Waals surface area contributed by atoms with E-state index in [-0.39, 0.29) is 17.5 Å². The van der Waals surface area contributed by atoms with Gasteiger partial charge >= 0.3 is 0 Å². The van der Waals surface area contributed by atoms with Crippen molar-refractivity contribution in [1.29, 1.82) is 0 Å². The molecule has 0 saturated carbocycles. The van der Waals surface area contributed by atoms with Crippen molar-refractivity contribution < 1.29 is 13.6 Å². The predicted octanol–water partition coefficient (Wildman–Crippen LogP) is 3.11. The van der Waals surface area contributed by atoms with E-state index in [1.165, 1.54) is 18.6 Å². The third-order valence-corrected chi connectivity index (χ3v) is 5.64. The van der Waals surface area contributed by atoms with E-state index < -0.39 is 11.6 Å². The summed E-state index contributed by atoms with van der Waals surface area (Å²) >= 11 is 0. The molecule has 0 spiro atoms. The van der Waals surface area contributed by atoms with Crippen molar-refractivity contribution in [3.05, 3.63) is 41.2 Å². The van der Waals surface area contributed by atoms with Crippen LogP contribution in [0.25, 0.3) is 11.4 Å². The van der Waals surface area contributed by atoms with Gasteiger partial charge in [0.15, 0.2) is 0 Å². The van der Waals surface area contributed by atoms with Crippen LogP contribution >= 0.6 is 0 Å². The number of H-pyrrole nitrogens is 1. The first-order valence-electron chi connectivity index (χ1n) is 9.55. The number of nitrogens with zero attached hydrogens (tertiary/aromatic N) is 3. The number of hydrogen-bond donors (Lipinski definition) is 1. The highest BCUT2D eigenvalue weighted by atomic mass is 19.1. The first-order chi connectivity index (χ1) is 13.0. The summed E-state index contributed by atoms with van der Waals surface area (Å²) in [6.07, 6.45) is 4.92. The summed E-state index contributed by atoms with van der Waals surface area (Å²) < 4.78 is 27.2. The van der Waals surface area contributed by atoms with Crippen LogP contribution in [0.2, 0.25) is 0 Å². The lowest BCUT2D eigenvalue weighted by molar-refractivity contribution is -0.137. The zero-order chi connectivity index (χ0) is 19.0. The monoisotopic (exact) mass is 374 g/mol. The van der Waals surface area contributed by atoms with Gasteiger partial charge in [0.05, 0.1) is 29.5 Å². The zero-order valence-corrected chi connectivity index (χ0v) is 15.5. The Morgan fingerprint density at radius 1 is 1.22 bits per heavy atom. The van der Waals surface area contributed by atoms with Gasteiger partial charge in [-0.3, -0.25) is 9.69 Å². The lowest BCUT2D eigenvalue weighted by atomic mass is 10.1. The van der Waals surface area contributed by atoms with Crippen LogP contribution in [0.15, 0.2) is 18.2 Å². The van der Waals surface area contributed by atoms with Gasteiger partial charge < -0.3 is 9.88 Å². The van der Waals surface area contributed by atoms with Crippen LogP contribution < -0.4 is 0 Å². The number of nitrogens with one attached hydrogen (secondary N) is 1. The van der Waals surface area contributed by atoms with E-state index in [0.29, 0.717) is 25.3 Å². The molecule has 0 radical (unpaired) electrons. The number of carbonyl (C=O) groups excluding carboxylic acids is 1.